The maximum absolute atomic E-state index is 13.0. The molecule has 1 aliphatic heterocycles. The smallest absolute Gasteiger partial charge is 0.226 e. The number of amides is 1. The molecule has 1 aromatic carbocycles. The summed E-state index contributed by atoms with van der Waals surface area (Å²) in [4.78, 5) is 17.5. The fourth-order valence-electron chi connectivity index (χ4n) is 2.80. The lowest BCUT2D eigenvalue weighted by Gasteiger charge is -2.07. The number of hydrogen-bond acceptors (Lipinski definition) is 4. The summed E-state index contributed by atoms with van der Waals surface area (Å²) in [7, 11) is 0. The number of aromatic nitrogens is 1. The van der Waals surface area contributed by atoms with Crippen LogP contribution >= 0.6 is 23.7 Å². The lowest BCUT2D eigenvalue weighted by atomic mass is 10.0. The molecule has 130 valence electrons. The van der Waals surface area contributed by atoms with Crippen molar-refractivity contribution in [3.63, 3.8) is 0 Å². The van der Waals surface area contributed by atoms with Crippen LogP contribution in [0.15, 0.2) is 24.3 Å². The highest BCUT2D eigenvalue weighted by molar-refractivity contribution is 7.16. The number of halogens is 2. The predicted octanol–water partition coefficient (Wildman–Crippen LogP) is 4.01. The first kappa shape index (κ1) is 18.8. The van der Waals surface area contributed by atoms with Crippen molar-refractivity contribution in [2.75, 3.05) is 18.4 Å². The van der Waals surface area contributed by atoms with Gasteiger partial charge in [-0.05, 0) is 63.0 Å². The van der Waals surface area contributed by atoms with Gasteiger partial charge >= 0.3 is 0 Å². The molecule has 1 unspecified atom stereocenters. The minimum absolute atomic E-state index is 0. The lowest BCUT2D eigenvalue weighted by molar-refractivity contribution is -0.116. The maximum Gasteiger partial charge on any atom is 0.226 e. The van der Waals surface area contributed by atoms with Gasteiger partial charge in [0.2, 0.25) is 5.91 Å². The average Bonchev–Trinajstić information content (AvgIpc) is 3.16. The number of benzene rings is 1. The van der Waals surface area contributed by atoms with Crippen LogP contribution in [0.3, 0.4) is 0 Å². The SMILES string of the molecule is Cc1sc(NC(=O)CCC2CCNC2)nc1-c1ccc(F)cc1.Cl. The third kappa shape index (κ3) is 4.75. The normalized spacial score (nSPS) is 16.7. The number of nitrogens with zero attached hydrogens (tertiary/aromatic N) is 1. The molecule has 24 heavy (non-hydrogen) atoms. The quantitative estimate of drug-likeness (QED) is 0.837. The van der Waals surface area contributed by atoms with E-state index in [9.17, 15) is 9.18 Å². The third-order valence-corrected chi connectivity index (χ3v) is 4.99. The van der Waals surface area contributed by atoms with E-state index in [1.165, 1.54) is 23.5 Å². The van der Waals surface area contributed by atoms with Gasteiger partial charge in [0.15, 0.2) is 5.13 Å². The van der Waals surface area contributed by atoms with Gasteiger partial charge in [0.1, 0.15) is 5.82 Å². The molecule has 7 heteroatoms. The largest absolute Gasteiger partial charge is 0.316 e. The molecule has 1 atom stereocenters. The Morgan fingerprint density at radius 3 is 2.83 bits per heavy atom. The van der Waals surface area contributed by atoms with E-state index in [-0.39, 0.29) is 24.1 Å². The molecule has 2 N–H and O–H groups in total. The summed E-state index contributed by atoms with van der Waals surface area (Å²) in [6.07, 6.45) is 2.59. The van der Waals surface area contributed by atoms with Gasteiger partial charge in [-0.3, -0.25) is 4.79 Å². The molecule has 1 saturated heterocycles. The highest BCUT2D eigenvalue weighted by Gasteiger charge is 2.17. The average molecular weight is 370 g/mol. The van der Waals surface area contributed by atoms with Gasteiger partial charge < -0.3 is 10.6 Å². The second kappa shape index (κ2) is 8.55. The van der Waals surface area contributed by atoms with Crippen LogP contribution in [-0.4, -0.2) is 24.0 Å². The highest BCUT2D eigenvalue weighted by Crippen LogP contribution is 2.30. The standard InChI is InChI=1S/C17H20FN3OS.ClH/c1-11-16(13-3-5-14(18)6-4-13)21-17(23-11)20-15(22)7-2-12-8-9-19-10-12;/h3-6,12,19H,2,7-10H2,1H3,(H,20,21,22);1H. The first-order valence-corrected chi connectivity index (χ1v) is 8.67. The van der Waals surface area contributed by atoms with E-state index >= 15 is 0 Å². The molecule has 4 nitrogen and oxygen atoms in total. The van der Waals surface area contributed by atoms with Crippen LogP contribution in [0.2, 0.25) is 0 Å². The Bertz CT molecular complexity index is 684. The number of nitrogens with one attached hydrogen (secondary N) is 2. The van der Waals surface area contributed by atoms with Crippen LogP contribution in [0, 0.1) is 18.7 Å². The summed E-state index contributed by atoms with van der Waals surface area (Å²) in [6.45, 7) is 4.02. The zero-order valence-corrected chi connectivity index (χ0v) is 15.1. The molecule has 2 heterocycles. The summed E-state index contributed by atoms with van der Waals surface area (Å²) in [5.74, 6) is 0.349. The van der Waals surface area contributed by atoms with Crippen LogP contribution in [0.5, 0.6) is 0 Å². The monoisotopic (exact) mass is 369 g/mol. The van der Waals surface area contributed by atoms with Crippen molar-refractivity contribution in [1.82, 2.24) is 10.3 Å². The molecule has 2 aromatic rings. The van der Waals surface area contributed by atoms with Crippen molar-refractivity contribution in [2.45, 2.75) is 26.2 Å². The number of carbonyl (C=O) groups is 1. The van der Waals surface area contributed by atoms with Crippen LogP contribution in [0.1, 0.15) is 24.1 Å². The van der Waals surface area contributed by atoms with E-state index in [2.05, 4.69) is 15.6 Å². The maximum atomic E-state index is 13.0. The molecular formula is C17H21ClFN3OS. The van der Waals surface area contributed by atoms with Crippen molar-refractivity contribution in [2.24, 2.45) is 5.92 Å². The fraction of sp³-hybridized carbons (Fsp3) is 0.412. The molecular weight excluding hydrogens is 349 g/mol. The number of thiazole rings is 1. The number of anilines is 1. The number of rotatable bonds is 5. The van der Waals surface area contributed by atoms with Crippen molar-refractivity contribution >= 4 is 34.8 Å². The van der Waals surface area contributed by atoms with Crippen LogP contribution < -0.4 is 10.6 Å². The van der Waals surface area contributed by atoms with E-state index in [4.69, 9.17) is 0 Å². The third-order valence-electron chi connectivity index (χ3n) is 4.10. The Balaban J connectivity index is 0.00000208. The van der Waals surface area contributed by atoms with E-state index in [1.54, 1.807) is 12.1 Å². The van der Waals surface area contributed by atoms with Gasteiger partial charge in [0, 0.05) is 16.9 Å². The van der Waals surface area contributed by atoms with E-state index in [1.807, 2.05) is 6.92 Å². The first-order valence-electron chi connectivity index (χ1n) is 7.86. The molecule has 0 radical (unpaired) electrons. The summed E-state index contributed by atoms with van der Waals surface area (Å²) >= 11 is 1.45. The van der Waals surface area contributed by atoms with Gasteiger partial charge in [-0.2, -0.15) is 0 Å². The second-order valence-corrected chi connectivity index (χ2v) is 7.08. The van der Waals surface area contributed by atoms with Gasteiger partial charge in [-0.1, -0.05) is 0 Å². The van der Waals surface area contributed by atoms with Crippen LogP contribution in [0.25, 0.3) is 11.3 Å². The zero-order chi connectivity index (χ0) is 16.2. The molecule has 0 spiro atoms. The number of aryl methyl sites for hydroxylation is 1. The first-order chi connectivity index (χ1) is 11.1. The van der Waals surface area contributed by atoms with E-state index < -0.39 is 0 Å². The van der Waals surface area contributed by atoms with E-state index in [0.29, 0.717) is 17.5 Å². The minimum atomic E-state index is -0.267. The Labute approximate surface area is 151 Å². The van der Waals surface area contributed by atoms with E-state index in [0.717, 1.165) is 42.1 Å². The Kier molecular flexibility index (Phi) is 6.71. The van der Waals surface area contributed by atoms with Crippen LogP contribution in [0.4, 0.5) is 9.52 Å². The highest BCUT2D eigenvalue weighted by atomic mass is 35.5. The Morgan fingerprint density at radius 1 is 1.42 bits per heavy atom. The molecule has 0 bridgehead atoms. The van der Waals surface area contributed by atoms with Crippen molar-refractivity contribution in [1.29, 1.82) is 0 Å². The molecule has 0 saturated carbocycles. The molecule has 1 aromatic heterocycles. The summed E-state index contributed by atoms with van der Waals surface area (Å²) in [5.41, 5.74) is 1.66. The second-order valence-electron chi connectivity index (χ2n) is 5.88. The summed E-state index contributed by atoms with van der Waals surface area (Å²) in [6, 6.07) is 6.25. The molecule has 1 fully saturated rings. The molecule has 0 aliphatic carbocycles. The number of carbonyl (C=O) groups excluding carboxylic acids is 1. The number of hydrogen-bond donors (Lipinski definition) is 2. The van der Waals surface area contributed by atoms with Crippen molar-refractivity contribution in [3.8, 4) is 11.3 Å². The fourth-order valence-corrected chi connectivity index (χ4v) is 3.66. The van der Waals surface area contributed by atoms with Crippen molar-refractivity contribution < 1.29 is 9.18 Å². The Hall–Kier alpha value is -1.50. The van der Waals surface area contributed by atoms with Gasteiger partial charge in [0.25, 0.3) is 0 Å². The summed E-state index contributed by atoms with van der Waals surface area (Å²) in [5, 5.41) is 6.80. The predicted molar refractivity (Wildman–Crippen MR) is 98.3 cm³/mol. The van der Waals surface area contributed by atoms with Gasteiger partial charge in [-0.15, -0.1) is 23.7 Å². The minimum Gasteiger partial charge on any atom is -0.316 e. The van der Waals surface area contributed by atoms with Crippen molar-refractivity contribution in [3.05, 3.63) is 35.0 Å². The van der Waals surface area contributed by atoms with Gasteiger partial charge in [-0.25, -0.2) is 9.37 Å². The topological polar surface area (TPSA) is 54.0 Å². The molecule has 1 aliphatic rings. The zero-order valence-electron chi connectivity index (χ0n) is 13.5. The van der Waals surface area contributed by atoms with Gasteiger partial charge in [0.05, 0.1) is 5.69 Å². The van der Waals surface area contributed by atoms with Crippen LogP contribution in [-0.2, 0) is 4.79 Å². The summed E-state index contributed by atoms with van der Waals surface area (Å²) < 4.78 is 13.0. The Morgan fingerprint density at radius 2 is 2.17 bits per heavy atom. The lowest BCUT2D eigenvalue weighted by Crippen LogP contribution is -2.14. The molecule has 1 amide bonds. The molecule has 3 rings (SSSR count).